The number of nitrogens with zero attached hydrogens (tertiary/aromatic N) is 3. The SMILES string of the molecule is Cc1ccncc1NC(=O)Cc1cc(Cl)cc(OCc2nnc(C3CCCCC3)o2)c1. The van der Waals surface area contributed by atoms with Gasteiger partial charge in [0.1, 0.15) is 5.75 Å². The van der Waals surface area contributed by atoms with Gasteiger partial charge in [0.25, 0.3) is 5.89 Å². The third-order valence-electron chi connectivity index (χ3n) is 5.41. The zero-order valence-corrected chi connectivity index (χ0v) is 18.2. The molecule has 1 aromatic carbocycles. The van der Waals surface area contributed by atoms with E-state index in [4.69, 9.17) is 20.8 Å². The summed E-state index contributed by atoms with van der Waals surface area (Å²) in [5.74, 6) is 1.89. The van der Waals surface area contributed by atoms with Crippen LogP contribution in [-0.2, 0) is 17.8 Å². The Morgan fingerprint density at radius 2 is 2.06 bits per heavy atom. The molecule has 0 aliphatic heterocycles. The fraction of sp³-hybridized carbons (Fsp3) is 0.391. The molecule has 1 aliphatic carbocycles. The number of ether oxygens (including phenoxy) is 1. The van der Waals surface area contributed by atoms with Crippen molar-refractivity contribution in [1.82, 2.24) is 15.2 Å². The first-order chi connectivity index (χ1) is 15.1. The summed E-state index contributed by atoms with van der Waals surface area (Å²) in [7, 11) is 0. The highest BCUT2D eigenvalue weighted by Crippen LogP contribution is 2.32. The average molecular weight is 441 g/mol. The number of aryl methyl sites for hydroxylation is 1. The van der Waals surface area contributed by atoms with E-state index in [0.717, 1.165) is 24.0 Å². The summed E-state index contributed by atoms with van der Waals surface area (Å²) in [6, 6.07) is 7.09. The van der Waals surface area contributed by atoms with E-state index in [2.05, 4.69) is 20.5 Å². The third-order valence-corrected chi connectivity index (χ3v) is 5.63. The summed E-state index contributed by atoms with van der Waals surface area (Å²) in [5.41, 5.74) is 2.39. The molecule has 8 heteroatoms. The lowest BCUT2D eigenvalue weighted by atomic mass is 9.89. The summed E-state index contributed by atoms with van der Waals surface area (Å²) in [6.45, 7) is 2.07. The van der Waals surface area contributed by atoms with Gasteiger partial charge in [0.15, 0.2) is 6.61 Å². The Bertz CT molecular complexity index is 1050. The Morgan fingerprint density at radius 1 is 1.23 bits per heavy atom. The van der Waals surface area contributed by atoms with Crippen LogP contribution in [0, 0.1) is 6.92 Å². The molecular formula is C23H25ClN4O3. The molecule has 2 heterocycles. The fourth-order valence-electron chi connectivity index (χ4n) is 3.77. The number of hydrogen-bond acceptors (Lipinski definition) is 6. The van der Waals surface area contributed by atoms with Gasteiger partial charge in [-0.2, -0.15) is 0 Å². The van der Waals surface area contributed by atoms with Crippen molar-refractivity contribution in [3.63, 3.8) is 0 Å². The zero-order valence-electron chi connectivity index (χ0n) is 17.4. The maximum atomic E-state index is 12.4. The molecule has 1 N–H and O–H groups in total. The van der Waals surface area contributed by atoms with E-state index >= 15 is 0 Å². The normalized spacial score (nSPS) is 14.4. The predicted octanol–water partition coefficient (Wildman–Crippen LogP) is 5.23. The lowest BCUT2D eigenvalue weighted by Crippen LogP contribution is -2.15. The zero-order chi connectivity index (χ0) is 21.6. The Hall–Kier alpha value is -2.93. The van der Waals surface area contributed by atoms with Crippen LogP contribution >= 0.6 is 11.6 Å². The van der Waals surface area contributed by atoms with Crippen molar-refractivity contribution in [3.8, 4) is 5.75 Å². The Kier molecular flexibility index (Phi) is 6.82. The summed E-state index contributed by atoms with van der Waals surface area (Å²) in [4.78, 5) is 16.5. The highest BCUT2D eigenvalue weighted by molar-refractivity contribution is 6.30. The van der Waals surface area contributed by atoms with E-state index in [0.29, 0.717) is 34.2 Å². The highest BCUT2D eigenvalue weighted by Gasteiger charge is 2.21. The number of halogens is 1. The molecule has 7 nitrogen and oxygen atoms in total. The molecule has 1 amide bonds. The number of benzene rings is 1. The first kappa shape index (κ1) is 21.3. The minimum Gasteiger partial charge on any atom is -0.484 e. The standard InChI is InChI=1S/C23H25ClN4O3/c1-15-7-8-25-13-20(15)26-21(29)11-16-9-18(24)12-19(10-16)30-14-22-27-28-23(31-22)17-5-3-2-4-6-17/h7-10,12-13,17H,2-6,11,14H2,1H3,(H,26,29). The summed E-state index contributed by atoms with van der Waals surface area (Å²) in [6.07, 6.45) is 9.37. The van der Waals surface area contributed by atoms with Crippen molar-refractivity contribution in [2.75, 3.05) is 5.32 Å². The lowest BCUT2D eigenvalue weighted by molar-refractivity contribution is -0.115. The van der Waals surface area contributed by atoms with E-state index in [1.807, 2.05) is 13.0 Å². The number of hydrogen-bond donors (Lipinski definition) is 1. The summed E-state index contributed by atoms with van der Waals surface area (Å²) in [5, 5.41) is 11.7. The lowest BCUT2D eigenvalue weighted by Gasteiger charge is -2.17. The van der Waals surface area contributed by atoms with Crippen molar-refractivity contribution >= 4 is 23.2 Å². The van der Waals surface area contributed by atoms with Crippen LogP contribution in [0.4, 0.5) is 5.69 Å². The highest BCUT2D eigenvalue weighted by atomic mass is 35.5. The van der Waals surface area contributed by atoms with Crippen molar-refractivity contribution < 1.29 is 13.9 Å². The number of anilines is 1. The van der Waals surface area contributed by atoms with Gasteiger partial charge >= 0.3 is 0 Å². The van der Waals surface area contributed by atoms with Gasteiger partial charge in [-0.25, -0.2) is 0 Å². The van der Waals surface area contributed by atoms with E-state index in [1.54, 1.807) is 30.6 Å². The number of pyridine rings is 1. The molecular weight excluding hydrogens is 416 g/mol. The molecule has 0 saturated heterocycles. The van der Waals surface area contributed by atoms with Crippen LogP contribution < -0.4 is 10.1 Å². The van der Waals surface area contributed by atoms with Gasteiger partial charge in [0.05, 0.1) is 18.3 Å². The van der Waals surface area contributed by atoms with Crippen LogP contribution in [0.15, 0.2) is 41.1 Å². The first-order valence-electron chi connectivity index (χ1n) is 10.5. The molecule has 1 fully saturated rings. The molecule has 31 heavy (non-hydrogen) atoms. The van der Waals surface area contributed by atoms with Crippen LogP contribution in [0.3, 0.4) is 0 Å². The molecule has 0 bridgehead atoms. The van der Waals surface area contributed by atoms with Crippen molar-refractivity contribution in [1.29, 1.82) is 0 Å². The maximum Gasteiger partial charge on any atom is 0.253 e. The topological polar surface area (TPSA) is 90.1 Å². The maximum absolute atomic E-state index is 12.4. The Balaban J connectivity index is 1.36. The Morgan fingerprint density at radius 3 is 2.87 bits per heavy atom. The number of amides is 1. The van der Waals surface area contributed by atoms with E-state index in [-0.39, 0.29) is 18.9 Å². The van der Waals surface area contributed by atoms with Gasteiger partial charge < -0.3 is 14.5 Å². The molecule has 0 spiro atoms. The van der Waals surface area contributed by atoms with Gasteiger partial charge in [-0.05, 0) is 55.2 Å². The molecule has 1 saturated carbocycles. The van der Waals surface area contributed by atoms with Crippen LogP contribution in [0.5, 0.6) is 5.75 Å². The number of nitrogens with one attached hydrogen (secondary N) is 1. The predicted molar refractivity (Wildman–Crippen MR) is 117 cm³/mol. The quantitative estimate of drug-likeness (QED) is 0.540. The van der Waals surface area contributed by atoms with Gasteiger partial charge in [-0.3, -0.25) is 9.78 Å². The van der Waals surface area contributed by atoms with Crippen molar-refractivity contribution in [2.45, 2.75) is 58.0 Å². The molecule has 162 valence electrons. The Labute approximate surface area is 186 Å². The molecule has 0 unspecified atom stereocenters. The number of carbonyl (C=O) groups is 1. The second kappa shape index (κ2) is 9.92. The number of rotatable bonds is 7. The molecule has 4 rings (SSSR count). The van der Waals surface area contributed by atoms with E-state index in [9.17, 15) is 4.79 Å². The van der Waals surface area contributed by atoms with Crippen LogP contribution in [0.25, 0.3) is 0 Å². The number of aromatic nitrogens is 3. The molecule has 0 radical (unpaired) electrons. The monoisotopic (exact) mass is 440 g/mol. The molecule has 2 aromatic heterocycles. The molecule has 1 aliphatic rings. The smallest absolute Gasteiger partial charge is 0.253 e. The van der Waals surface area contributed by atoms with Crippen LogP contribution in [0.2, 0.25) is 5.02 Å². The van der Waals surface area contributed by atoms with Gasteiger partial charge in [-0.1, -0.05) is 30.9 Å². The first-order valence-corrected chi connectivity index (χ1v) is 10.9. The van der Waals surface area contributed by atoms with Crippen LogP contribution in [0.1, 0.15) is 60.9 Å². The fourth-order valence-corrected chi connectivity index (χ4v) is 4.01. The average Bonchev–Trinajstić information content (AvgIpc) is 3.23. The van der Waals surface area contributed by atoms with Crippen molar-refractivity contribution in [2.24, 2.45) is 0 Å². The largest absolute Gasteiger partial charge is 0.484 e. The van der Waals surface area contributed by atoms with Gasteiger partial charge in [0, 0.05) is 17.1 Å². The van der Waals surface area contributed by atoms with E-state index < -0.39 is 0 Å². The second-order valence-electron chi connectivity index (χ2n) is 7.87. The molecule has 0 atom stereocenters. The van der Waals surface area contributed by atoms with Gasteiger partial charge in [0.2, 0.25) is 11.8 Å². The minimum absolute atomic E-state index is 0.153. The van der Waals surface area contributed by atoms with Crippen LogP contribution in [-0.4, -0.2) is 21.1 Å². The molecule has 3 aromatic rings. The van der Waals surface area contributed by atoms with E-state index in [1.165, 1.54) is 19.3 Å². The van der Waals surface area contributed by atoms with Gasteiger partial charge in [-0.15, -0.1) is 10.2 Å². The summed E-state index contributed by atoms with van der Waals surface area (Å²) < 4.78 is 11.6. The summed E-state index contributed by atoms with van der Waals surface area (Å²) >= 11 is 6.23. The minimum atomic E-state index is -0.154. The van der Waals surface area contributed by atoms with Crippen molar-refractivity contribution in [3.05, 3.63) is 64.6 Å². The second-order valence-corrected chi connectivity index (χ2v) is 8.30. The third kappa shape index (κ3) is 5.82. The number of carbonyl (C=O) groups excluding carboxylic acids is 1.